The Bertz CT molecular complexity index is 3640. The van der Waals surface area contributed by atoms with Gasteiger partial charge < -0.3 is 48.5 Å². The second kappa shape index (κ2) is 22.7. The number of aliphatic carboxylic acids is 2. The van der Waals surface area contributed by atoms with E-state index in [0.717, 1.165) is 34.9 Å². The van der Waals surface area contributed by atoms with Crippen molar-refractivity contribution in [2.45, 2.75) is 18.0 Å². The number of carboxylic acid groups (broad SMARTS) is 2. The van der Waals surface area contributed by atoms with Gasteiger partial charge in [-0.25, -0.2) is 47.9 Å². The first-order chi connectivity index (χ1) is 37.1. The van der Waals surface area contributed by atoms with Crippen LogP contribution in [0.4, 0.5) is 8.78 Å². The van der Waals surface area contributed by atoms with Crippen molar-refractivity contribution in [1.82, 2.24) is 30.2 Å². The first-order valence-electron chi connectivity index (χ1n) is 22.9. The maximum atomic E-state index is 16.5. The van der Waals surface area contributed by atoms with Gasteiger partial charge in [0.2, 0.25) is 0 Å². The molecule has 2 heterocycles. The minimum absolute atomic E-state index is 0.0686. The van der Waals surface area contributed by atoms with Crippen LogP contribution in [0, 0.1) is 0 Å². The number of halogens is 2. The van der Waals surface area contributed by atoms with E-state index in [1.165, 1.54) is 110 Å². The normalized spacial score (nSPS) is 12.4. The van der Waals surface area contributed by atoms with Crippen LogP contribution in [0.3, 0.4) is 0 Å². The van der Waals surface area contributed by atoms with Gasteiger partial charge in [-0.2, -0.15) is 8.78 Å². The van der Waals surface area contributed by atoms with Crippen LogP contribution in [0.5, 0.6) is 0 Å². The number of aryl methyl sites for hydroxylation is 1. The van der Waals surface area contributed by atoms with Crippen molar-refractivity contribution in [1.29, 1.82) is 0 Å². The van der Waals surface area contributed by atoms with E-state index >= 15 is 8.78 Å². The van der Waals surface area contributed by atoms with Crippen molar-refractivity contribution >= 4 is 84.9 Å². The van der Waals surface area contributed by atoms with Crippen LogP contribution in [0.25, 0.3) is 22.1 Å². The Morgan fingerprint density at radius 1 is 0.538 bits per heavy atom. The molecule has 26 heteroatoms. The number of carbonyl (C=O) groups is 8. The fraction of sp³-hybridized carbons (Fsp3) is 0.115. The molecule has 22 nitrogen and oxygen atoms in total. The Kier molecular flexibility index (Phi) is 15.9. The molecule has 8 rings (SSSR count). The van der Waals surface area contributed by atoms with E-state index in [4.69, 9.17) is 18.1 Å². The smallest absolute Gasteiger partial charge is 0.438 e. The number of rotatable bonds is 20. The lowest BCUT2D eigenvalue weighted by molar-refractivity contribution is -0.139. The van der Waals surface area contributed by atoms with Crippen LogP contribution in [-0.2, 0) is 49.8 Å². The van der Waals surface area contributed by atoms with E-state index in [1.807, 2.05) is 0 Å². The molecule has 8 aromatic rings. The molecule has 0 aliphatic rings. The summed E-state index contributed by atoms with van der Waals surface area (Å²) in [5, 5.41) is 24.5. The third kappa shape index (κ3) is 12.5. The number of carbonyl (C=O) groups excluding carboxylic acids is 6. The zero-order valence-electron chi connectivity index (χ0n) is 40.2. The molecule has 6 aromatic carbocycles. The highest BCUT2D eigenvalue weighted by molar-refractivity contribution is 7.55. The lowest BCUT2D eigenvalue weighted by Gasteiger charge is -2.22. The van der Waals surface area contributed by atoms with Crippen molar-refractivity contribution in [3.63, 3.8) is 0 Å². The van der Waals surface area contributed by atoms with Crippen LogP contribution in [-0.4, -0.2) is 102 Å². The number of amides is 2. The van der Waals surface area contributed by atoms with Crippen LogP contribution in [0.1, 0.15) is 73.8 Å². The summed E-state index contributed by atoms with van der Waals surface area (Å²) >= 11 is 0. The molecule has 0 bridgehead atoms. The number of carboxylic acids is 2. The Morgan fingerprint density at radius 2 is 0.897 bits per heavy atom. The second-order valence-corrected chi connectivity index (χ2v) is 20.8. The highest BCUT2D eigenvalue weighted by Crippen LogP contribution is 2.51. The van der Waals surface area contributed by atoms with Crippen molar-refractivity contribution in [2.24, 2.45) is 7.05 Å². The number of imidazole rings is 2. The third-order valence-corrected chi connectivity index (χ3v) is 14.8. The SMILES string of the molecule is Cn1c(C(F)(F)c2nc3ccc(C(=O)NC(CP(=O)(OC(=O)c4ccccc4)OC(=O)c4ccccc4)C(=O)O)cc3[nH]2)nc2ccc(C(=O)NC(CP(=O)(OC(=O)c3ccccc3)OC(=O)c3ccccc3)C(=O)O)cc21. The molecule has 0 radical (unpaired) electrons. The predicted octanol–water partition coefficient (Wildman–Crippen LogP) is 7.77. The molecule has 2 unspecified atom stereocenters. The second-order valence-electron chi connectivity index (χ2n) is 16.9. The molecule has 78 heavy (non-hydrogen) atoms. The highest BCUT2D eigenvalue weighted by Gasteiger charge is 2.44. The molecule has 0 saturated carbocycles. The van der Waals surface area contributed by atoms with Gasteiger partial charge in [0, 0.05) is 18.2 Å². The number of H-pyrrole nitrogens is 1. The van der Waals surface area contributed by atoms with E-state index in [1.54, 1.807) is 24.3 Å². The third-order valence-electron chi connectivity index (χ3n) is 11.4. The van der Waals surface area contributed by atoms with Crippen molar-refractivity contribution in [3.05, 3.63) is 203 Å². The summed E-state index contributed by atoms with van der Waals surface area (Å²) in [4.78, 5) is 115. The topological polar surface area (TPSA) is 319 Å². The van der Waals surface area contributed by atoms with Gasteiger partial charge in [0.15, 0.2) is 11.6 Å². The number of alkyl halides is 2. The average molecular weight is 1100 g/mol. The Balaban J connectivity index is 0.990. The summed E-state index contributed by atoms with van der Waals surface area (Å²) in [6.45, 7) is 0. The van der Waals surface area contributed by atoms with E-state index in [0.29, 0.717) is 0 Å². The fourth-order valence-corrected chi connectivity index (χ4v) is 10.7. The van der Waals surface area contributed by atoms with Crippen LogP contribution in [0.15, 0.2) is 158 Å². The number of nitrogens with zero attached hydrogens (tertiary/aromatic N) is 3. The summed E-state index contributed by atoms with van der Waals surface area (Å²) in [6, 6.07) is 30.9. The lowest BCUT2D eigenvalue weighted by Crippen LogP contribution is -2.43. The standard InChI is InChI=1S/C52H40F2N6O16P2/c1-60-41-27-35(43(62)56-40(45(65)66)29-78(72,75-48(69)32-18-10-4-11-19-32)76-49(70)33-20-12-5-13-21-33)23-25-37(41)59-51(60)52(53,54)50-57-36-24-22-34(26-38(36)58-50)42(61)55-39(44(63)64)28-77(71,73-46(67)30-14-6-2-7-15-30)74-47(68)31-16-8-3-9-17-31/h2-27,39-40H,28-29H2,1H3,(H,55,61)(H,56,62)(H,57,58)(H,63,64)(H,65,66). The summed E-state index contributed by atoms with van der Waals surface area (Å²) in [6.07, 6.45) is -2.46. The molecule has 0 spiro atoms. The Morgan fingerprint density at radius 3 is 1.27 bits per heavy atom. The van der Waals surface area contributed by atoms with Crippen molar-refractivity contribution in [3.8, 4) is 0 Å². The first kappa shape index (κ1) is 54.6. The zero-order chi connectivity index (χ0) is 55.9. The molecule has 0 saturated heterocycles. The van der Waals surface area contributed by atoms with E-state index in [-0.39, 0.29) is 55.4 Å². The predicted molar refractivity (Wildman–Crippen MR) is 270 cm³/mol. The Labute approximate surface area is 438 Å². The fourth-order valence-electron chi connectivity index (χ4n) is 7.52. The maximum Gasteiger partial charge on any atom is 0.438 e. The van der Waals surface area contributed by atoms with Gasteiger partial charge >= 0.3 is 56.9 Å². The van der Waals surface area contributed by atoms with E-state index < -0.39 is 105 Å². The summed E-state index contributed by atoms with van der Waals surface area (Å²) in [5.41, 5.74) is -1.48. The number of aromatic nitrogens is 4. The number of nitrogens with one attached hydrogen (secondary N) is 3. The summed E-state index contributed by atoms with van der Waals surface area (Å²) in [7, 11) is -8.91. The Hall–Kier alpha value is -9.66. The largest absolute Gasteiger partial charge is 0.480 e. The molecule has 398 valence electrons. The molecule has 2 aromatic heterocycles. The van der Waals surface area contributed by atoms with Crippen LogP contribution < -0.4 is 10.6 Å². The van der Waals surface area contributed by atoms with Gasteiger partial charge in [0.1, 0.15) is 24.4 Å². The molecule has 0 aliphatic heterocycles. The zero-order valence-corrected chi connectivity index (χ0v) is 42.0. The lowest BCUT2D eigenvalue weighted by atomic mass is 10.1. The van der Waals surface area contributed by atoms with Gasteiger partial charge in [-0.1, -0.05) is 72.8 Å². The number of benzene rings is 6. The first-order valence-corrected chi connectivity index (χ1v) is 26.3. The quantitative estimate of drug-likeness (QED) is 0.0455. The number of hydrogen-bond acceptors (Lipinski definition) is 16. The molecule has 2 amide bonds. The van der Waals surface area contributed by atoms with Gasteiger partial charge in [0.05, 0.1) is 44.3 Å². The number of aromatic amines is 1. The minimum Gasteiger partial charge on any atom is -0.480 e. The van der Waals surface area contributed by atoms with Gasteiger partial charge in [-0.05, 0) is 84.9 Å². The average Bonchev–Trinajstić information content (AvgIpc) is 4.14. The maximum absolute atomic E-state index is 16.5. The van der Waals surface area contributed by atoms with Gasteiger partial charge in [0.25, 0.3) is 11.8 Å². The van der Waals surface area contributed by atoms with Gasteiger partial charge in [-0.15, -0.1) is 0 Å². The van der Waals surface area contributed by atoms with Crippen LogP contribution >= 0.6 is 15.2 Å². The molecule has 5 N–H and O–H groups in total. The molecular formula is C52H40F2N6O16P2. The molecule has 0 fully saturated rings. The summed E-state index contributed by atoms with van der Waals surface area (Å²) in [5.74, 6) is -16.7. The number of fused-ring (bicyclic) bond motifs is 2. The number of hydrogen-bond donors (Lipinski definition) is 5. The van der Waals surface area contributed by atoms with Crippen molar-refractivity contribution in [2.75, 3.05) is 12.3 Å². The monoisotopic (exact) mass is 1100 g/mol. The molecular weight excluding hydrogens is 1060 g/mol. The van der Waals surface area contributed by atoms with Gasteiger partial charge in [-0.3, -0.25) is 9.59 Å². The summed E-state index contributed by atoms with van der Waals surface area (Å²) < 4.78 is 82.7. The van der Waals surface area contributed by atoms with E-state index in [9.17, 15) is 57.7 Å². The molecule has 0 aliphatic carbocycles. The van der Waals surface area contributed by atoms with Crippen molar-refractivity contribution < 1.29 is 84.6 Å². The molecule has 2 atom stereocenters. The highest BCUT2D eigenvalue weighted by atomic mass is 31.2. The van der Waals surface area contributed by atoms with E-state index in [2.05, 4.69) is 25.6 Å². The minimum atomic E-state index is -5.05. The van der Waals surface area contributed by atoms with Crippen LogP contribution in [0.2, 0.25) is 0 Å².